The zero-order chi connectivity index (χ0) is 18.0. The van der Waals surface area contributed by atoms with Crippen molar-refractivity contribution in [1.82, 2.24) is 0 Å². The van der Waals surface area contributed by atoms with Crippen molar-refractivity contribution in [2.45, 2.75) is 20.8 Å². The van der Waals surface area contributed by atoms with Crippen LogP contribution in [-0.4, -0.2) is 18.5 Å². The fourth-order valence-corrected chi connectivity index (χ4v) is 3.31. The van der Waals surface area contributed by atoms with Gasteiger partial charge in [-0.05, 0) is 38.5 Å². The molecule has 128 valence electrons. The van der Waals surface area contributed by atoms with Crippen molar-refractivity contribution in [3.05, 3.63) is 50.4 Å². The van der Waals surface area contributed by atoms with Gasteiger partial charge in [-0.15, -0.1) is 11.3 Å². The third-order valence-corrected chi connectivity index (χ3v) is 4.78. The Bertz CT molecular complexity index is 820. The van der Waals surface area contributed by atoms with E-state index in [1.807, 2.05) is 0 Å². The lowest BCUT2D eigenvalue weighted by molar-refractivity contribution is 0.0527. The van der Waals surface area contributed by atoms with E-state index in [0.717, 1.165) is 10.9 Å². The molecular weight excluding hydrogens is 360 g/mol. The number of rotatable bonds is 4. The number of nitrogens with one attached hydrogen (secondary N) is 1. The van der Waals surface area contributed by atoms with Gasteiger partial charge in [0.25, 0.3) is 5.91 Å². The van der Waals surface area contributed by atoms with Crippen LogP contribution >= 0.6 is 22.9 Å². The van der Waals surface area contributed by atoms with Crippen molar-refractivity contribution in [3.63, 3.8) is 0 Å². The predicted molar refractivity (Wildman–Crippen MR) is 89.1 cm³/mol. The first-order chi connectivity index (χ1) is 11.3. The number of carbonyl (C=O) groups excluding carboxylic acids is 2. The van der Waals surface area contributed by atoms with Crippen LogP contribution < -0.4 is 5.32 Å². The van der Waals surface area contributed by atoms with Gasteiger partial charge in [-0.1, -0.05) is 11.6 Å². The van der Waals surface area contributed by atoms with Gasteiger partial charge < -0.3 is 10.1 Å². The van der Waals surface area contributed by atoms with Crippen molar-refractivity contribution in [2.24, 2.45) is 0 Å². The summed E-state index contributed by atoms with van der Waals surface area (Å²) in [5.74, 6) is -3.64. The summed E-state index contributed by atoms with van der Waals surface area (Å²) in [5.41, 5.74) is 0.700. The number of carbonyl (C=O) groups is 2. The number of halogens is 3. The maximum atomic E-state index is 13.3. The number of hydrogen-bond acceptors (Lipinski definition) is 4. The molecule has 24 heavy (non-hydrogen) atoms. The predicted octanol–water partition coefficient (Wildman–Crippen LogP) is 4.73. The second-order valence-corrected chi connectivity index (χ2v) is 6.54. The third-order valence-electron chi connectivity index (χ3n) is 3.35. The molecule has 0 aliphatic rings. The average Bonchev–Trinajstić information content (AvgIpc) is 2.77. The summed E-state index contributed by atoms with van der Waals surface area (Å²) in [6.07, 6.45) is 0. The van der Waals surface area contributed by atoms with Gasteiger partial charge >= 0.3 is 5.97 Å². The van der Waals surface area contributed by atoms with E-state index in [1.165, 1.54) is 11.3 Å². The van der Waals surface area contributed by atoms with Gasteiger partial charge in [-0.3, -0.25) is 4.79 Å². The highest BCUT2D eigenvalue weighted by Crippen LogP contribution is 2.34. The van der Waals surface area contributed by atoms with Crippen molar-refractivity contribution in [3.8, 4) is 0 Å². The largest absolute Gasteiger partial charge is 0.462 e. The Kier molecular flexibility index (Phi) is 5.56. The Morgan fingerprint density at radius 3 is 2.50 bits per heavy atom. The molecule has 0 fully saturated rings. The molecule has 0 unspecified atom stereocenters. The van der Waals surface area contributed by atoms with Gasteiger partial charge in [0.15, 0.2) is 11.6 Å². The van der Waals surface area contributed by atoms with Gasteiger partial charge in [-0.25, -0.2) is 13.6 Å². The standard InChI is InChI=1S/C16H14ClF2NO3S/c1-4-23-16(22)13-7(2)8(3)24-15(13)20-14(21)9-5-11(18)12(19)6-10(9)17/h5-6H,4H2,1-3H3,(H,20,21). The van der Waals surface area contributed by atoms with Gasteiger partial charge in [0.1, 0.15) is 5.00 Å². The number of anilines is 1. The molecule has 0 bridgehead atoms. The molecule has 2 aromatic rings. The number of ether oxygens (including phenoxy) is 1. The Labute approximate surface area is 146 Å². The molecule has 0 aliphatic heterocycles. The van der Waals surface area contributed by atoms with E-state index in [0.29, 0.717) is 11.6 Å². The van der Waals surface area contributed by atoms with E-state index in [9.17, 15) is 18.4 Å². The molecule has 2 rings (SSSR count). The van der Waals surface area contributed by atoms with Crippen molar-refractivity contribution in [1.29, 1.82) is 0 Å². The lowest BCUT2D eigenvalue weighted by Gasteiger charge is -2.08. The molecule has 4 nitrogen and oxygen atoms in total. The highest BCUT2D eigenvalue weighted by molar-refractivity contribution is 7.16. The number of aryl methyl sites for hydroxylation is 1. The van der Waals surface area contributed by atoms with Crippen LogP contribution in [0.5, 0.6) is 0 Å². The van der Waals surface area contributed by atoms with Crippen LogP contribution in [0.2, 0.25) is 5.02 Å². The molecule has 0 atom stereocenters. The zero-order valence-electron chi connectivity index (χ0n) is 13.1. The van der Waals surface area contributed by atoms with Crippen LogP contribution in [-0.2, 0) is 4.74 Å². The zero-order valence-corrected chi connectivity index (χ0v) is 14.7. The van der Waals surface area contributed by atoms with Gasteiger partial charge in [0.2, 0.25) is 0 Å². The Morgan fingerprint density at radius 2 is 1.88 bits per heavy atom. The van der Waals surface area contributed by atoms with Crippen LogP contribution in [0.3, 0.4) is 0 Å². The number of esters is 1. The van der Waals surface area contributed by atoms with E-state index in [2.05, 4.69) is 5.32 Å². The fraction of sp³-hybridized carbons (Fsp3) is 0.250. The van der Waals surface area contributed by atoms with E-state index >= 15 is 0 Å². The summed E-state index contributed by atoms with van der Waals surface area (Å²) in [6.45, 7) is 5.39. The summed E-state index contributed by atoms with van der Waals surface area (Å²) >= 11 is 6.98. The lowest BCUT2D eigenvalue weighted by atomic mass is 10.1. The number of hydrogen-bond donors (Lipinski definition) is 1. The smallest absolute Gasteiger partial charge is 0.341 e. The molecule has 1 N–H and O–H groups in total. The molecule has 8 heteroatoms. The second kappa shape index (κ2) is 7.27. The second-order valence-electron chi connectivity index (χ2n) is 4.91. The molecule has 0 saturated carbocycles. The van der Waals surface area contributed by atoms with Crippen molar-refractivity contribution in [2.75, 3.05) is 11.9 Å². The maximum Gasteiger partial charge on any atom is 0.341 e. The molecule has 0 saturated heterocycles. The number of amides is 1. The summed E-state index contributed by atoms with van der Waals surface area (Å²) in [6, 6.07) is 1.44. The number of benzene rings is 1. The van der Waals surface area contributed by atoms with Gasteiger partial charge in [0.05, 0.1) is 22.8 Å². The van der Waals surface area contributed by atoms with E-state index < -0.39 is 23.5 Å². The minimum absolute atomic E-state index is 0.190. The normalized spacial score (nSPS) is 10.6. The first-order valence-corrected chi connectivity index (χ1v) is 8.18. The van der Waals surface area contributed by atoms with E-state index in [1.54, 1.807) is 20.8 Å². The summed E-state index contributed by atoms with van der Waals surface area (Å²) < 4.78 is 31.4. The van der Waals surface area contributed by atoms with Crippen molar-refractivity contribution >= 4 is 39.8 Å². The average molecular weight is 374 g/mol. The van der Waals surface area contributed by atoms with E-state index in [-0.39, 0.29) is 27.8 Å². The van der Waals surface area contributed by atoms with Crippen LogP contribution in [0.15, 0.2) is 12.1 Å². The highest BCUT2D eigenvalue weighted by atomic mass is 35.5. The molecule has 1 aromatic carbocycles. The summed E-state index contributed by atoms with van der Waals surface area (Å²) in [7, 11) is 0. The van der Waals surface area contributed by atoms with E-state index in [4.69, 9.17) is 16.3 Å². The monoisotopic (exact) mass is 373 g/mol. The molecule has 1 aromatic heterocycles. The van der Waals surface area contributed by atoms with Gasteiger partial charge in [-0.2, -0.15) is 0 Å². The van der Waals surface area contributed by atoms with Crippen LogP contribution in [0.4, 0.5) is 13.8 Å². The quantitative estimate of drug-likeness (QED) is 0.623. The molecule has 0 spiro atoms. The molecular formula is C16H14ClF2NO3S. The van der Waals surface area contributed by atoms with Crippen LogP contribution in [0.1, 0.15) is 38.1 Å². The fourth-order valence-electron chi connectivity index (χ4n) is 2.03. The molecule has 0 aliphatic carbocycles. The van der Waals surface area contributed by atoms with Crippen LogP contribution in [0, 0.1) is 25.5 Å². The topological polar surface area (TPSA) is 55.4 Å². The maximum absolute atomic E-state index is 13.3. The molecule has 1 amide bonds. The van der Waals surface area contributed by atoms with Gasteiger partial charge in [0, 0.05) is 4.88 Å². The Morgan fingerprint density at radius 1 is 1.25 bits per heavy atom. The Balaban J connectivity index is 2.38. The summed E-state index contributed by atoms with van der Waals surface area (Å²) in [4.78, 5) is 25.2. The minimum atomic E-state index is -1.19. The van der Waals surface area contributed by atoms with Crippen LogP contribution in [0.25, 0.3) is 0 Å². The highest BCUT2D eigenvalue weighted by Gasteiger charge is 2.23. The summed E-state index contributed by atoms with van der Waals surface area (Å²) in [5, 5.41) is 2.57. The molecule has 0 radical (unpaired) electrons. The Hall–Kier alpha value is -1.99. The first-order valence-electron chi connectivity index (χ1n) is 6.99. The SMILES string of the molecule is CCOC(=O)c1c(NC(=O)c2cc(F)c(F)cc2Cl)sc(C)c1C. The first kappa shape index (κ1) is 18.4. The molecule has 1 heterocycles. The minimum Gasteiger partial charge on any atom is -0.462 e. The third kappa shape index (κ3) is 3.57. The lowest BCUT2D eigenvalue weighted by Crippen LogP contribution is -2.15. The van der Waals surface area contributed by atoms with Crippen molar-refractivity contribution < 1.29 is 23.1 Å². The number of thiophene rings is 1.